The smallest absolute Gasteiger partial charge is 0.255 e. The van der Waals surface area contributed by atoms with E-state index >= 15 is 0 Å². The van der Waals surface area contributed by atoms with Crippen molar-refractivity contribution in [2.75, 3.05) is 18.4 Å². The fraction of sp³-hybridized carbons (Fsp3) is 0.238. The lowest BCUT2D eigenvalue weighted by Gasteiger charge is -2.13. The van der Waals surface area contributed by atoms with Gasteiger partial charge in [0.1, 0.15) is 0 Å². The molecule has 3 N–H and O–H groups in total. The Morgan fingerprint density at radius 1 is 1.07 bits per heavy atom. The van der Waals surface area contributed by atoms with Crippen LogP contribution in [0.1, 0.15) is 34.6 Å². The van der Waals surface area contributed by atoms with Gasteiger partial charge in [-0.25, -0.2) is 8.42 Å². The van der Waals surface area contributed by atoms with E-state index in [9.17, 15) is 18.0 Å². The van der Waals surface area contributed by atoms with Gasteiger partial charge < -0.3 is 10.6 Å². The highest BCUT2D eigenvalue weighted by molar-refractivity contribution is 7.89. The highest BCUT2D eigenvalue weighted by Crippen LogP contribution is 2.18. The van der Waals surface area contributed by atoms with Gasteiger partial charge in [-0.15, -0.1) is 6.42 Å². The molecule has 0 bridgehead atoms. The number of carbonyl (C=O) groups excluding carboxylic acids is 2. The summed E-state index contributed by atoms with van der Waals surface area (Å²) in [7, 11) is -3.83. The summed E-state index contributed by atoms with van der Waals surface area (Å²) in [5, 5.41) is 5.48. The Balaban J connectivity index is 2.23. The number of terminal acetylenes is 1. The lowest BCUT2D eigenvalue weighted by Crippen LogP contribution is -2.28. The van der Waals surface area contributed by atoms with Gasteiger partial charge >= 0.3 is 0 Å². The predicted octanol–water partition coefficient (Wildman–Crippen LogP) is 2.24. The summed E-state index contributed by atoms with van der Waals surface area (Å²) >= 11 is 0. The molecule has 0 fully saturated rings. The molecular formula is C21H23N3O4S. The van der Waals surface area contributed by atoms with Crippen LogP contribution in [0.5, 0.6) is 0 Å². The number of para-hydroxylation sites is 1. The van der Waals surface area contributed by atoms with Crippen molar-refractivity contribution in [3.8, 4) is 12.3 Å². The van der Waals surface area contributed by atoms with Gasteiger partial charge in [-0.1, -0.05) is 38.0 Å². The molecule has 152 valence electrons. The zero-order valence-corrected chi connectivity index (χ0v) is 17.0. The van der Waals surface area contributed by atoms with Crippen LogP contribution in [0.3, 0.4) is 0 Å². The van der Waals surface area contributed by atoms with E-state index in [1.54, 1.807) is 24.3 Å². The van der Waals surface area contributed by atoms with E-state index < -0.39 is 15.9 Å². The molecule has 29 heavy (non-hydrogen) atoms. The van der Waals surface area contributed by atoms with Gasteiger partial charge in [-0.3, -0.25) is 9.59 Å². The Labute approximate surface area is 171 Å². The van der Waals surface area contributed by atoms with Gasteiger partial charge in [0.2, 0.25) is 10.0 Å². The lowest BCUT2D eigenvalue weighted by atomic mass is 10.1. The second kappa shape index (κ2) is 9.87. The van der Waals surface area contributed by atoms with E-state index in [1.165, 1.54) is 24.3 Å². The second-order valence-electron chi connectivity index (χ2n) is 6.66. The van der Waals surface area contributed by atoms with Crippen LogP contribution in [0.25, 0.3) is 0 Å². The Kier molecular flexibility index (Phi) is 7.53. The zero-order valence-electron chi connectivity index (χ0n) is 16.2. The molecule has 0 saturated heterocycles. The fourth-order valence-corrected chi connectivity index (χ4v) is 3.38. The SMILES string of the molecule is C#CCNS(=O)(=O)c1cccc(C(=O)Nc2ccccc2C(=O)NCC(C)C)c1. The van der Waals surface area contributed by atoms with Crippen LogP contribution in [-0.4, -0.2) is 33.3 Å². The molecule has 0 aliphatic rings. The van der Waals surface area contributed by atoms with Crippen molar-refractivity contribution in [3.05, 3.63) is 59.7 Å². The molecule has 0 spiro atoms. The third-order valence-corrected chi connectivity index (χ3v) is 5.26. The van der Waals surface area contributed by atoms with Crippen LogP contribution in [0.15, 0.2) is 53.4 Å². The number of hydrogen-bond donors (Lipinski definition) is 3. The van der Waals surface area contributed by atoms with Crippen LogP contribution in [0.2, 0.25) is 0 Å². The van der Waals surface area contributed by atoms with Crippen molar-refractivity contribution in [2.24, 2.45) is 5.92 Å². The van der Waals surface area contributed by atoms with E-state index in [-0.39, 0.29) is 28.8 Å². The first-order valence-electron chi connectivity index (χ1n) is 8.96. The molecule has 0 unspecified atom stereocenters. The summed E-state index contributed by atoms with van der Waals surface area (Å²) in [6.07, 6.45) is 5.08. The summed E-state index contributed by atoms with van der Waals surface area (Å²) in [6.45, 7) is 4.31. The van der Waals surface area contributed by atoms with Gasteiger partial charge in [-0.2, -0.15) is 4.72 Å². The maximum atomic E-state index is 12.7. The average Bonchev–Trinajstić information content (AvgIpc) is 2.71. The minimum atomic E-state index is -3.83. The van der Waals surface area contributed by atoms with Crippen molar-refractivity contribution >= 4 is 27.5 Å². The van der Waals surface area contributed by atoms with Crippen LogP contribution in [-0.2, 0) is 10.0 Å². The molecule has 7 nitrogen and oxygen atoms in total. The van der Waals surface area contributed by atoms with E-state index in [0.29, 0.717) is 17.8 Å². The van der Waals surface area contributed by atoms with Crippen LogP contribution >= 0.6 is 0 Å². The Bertz CT molecular complexity index is 1040. The van der Waals surface area contributed by atoms with Gasteiger partial charge in [0.15, 0.2) is 0 Å². The number of hydrogen-bond acceptors (Lipinski definition) is 4. The molecule has 2 rings (SSSR count). The number of amides is 2. The van der Waals surface area contributed by atoms with Gasteiger partial charge in [-0.05, 0) is 36.2 Å². The molecule has 0 atom stereocenters. The largest absolute Gasteiger partial charge is 0.352 e. The molecule has 8 heteroatoms. The van der Waals surface area contributed by atoms with Gasteiger partial charge in [0, 0.05) is 12.1 Å². The third-order valence-electron chi connectivity index (χ3n) is 3.86. The maximum Gasteiger partial charge on any atom is 0.255 e. The van der Waals surface area contributed by atoms with Gasteiger partial charge in [0.25, 0.3) is 11.8 Å². The molecule has 2 aromatic rings. The second-order valence-corrected chi connectivity index (χ2v) is 8.43. The van der Waals surface area contributed by atoms with E-state index in [0.717, 1.165) is 0 Å². The first-order chi connectivity index (χ1) is 13.7. The minimum absolute atomic E-state index is 0.0802. The quantitative estimate of drug-likeness (QED) is 0.577. The standard InChI is InChI=1S/C21H23N3O4S/c1-4-12-23-29(27,28)17-9-7-8-16(13-17)20(25)24-19-11-6-5-10-18(19)21(26)22-14-15(2)3/h1,5-11,13,15,23H,12,14H2,2-3H3,(H,22,26)(H,24,25). The monoisotopic (exact) mass is 413 g/mol. The van der Waals surface area contributed by atoms with E-state index in [2.05, 4.69) is 21.3 Å². The number of benzene rings is 2. The van der Waals surface area contributed by atoms with Crippen LogP contribution in [0, 0.1) is 18.3 Å². The normalized spacial score (nSPS) is 11.0. The number of carbonyl (C=O) groups is 2. The molecule has 2 amide bonds. The zero-order chi connectivity index (χ0) is 21.4. The van der Waals surface area contributed by atoms with Crippen molar-refractivity contribution < 1.29 is 18.0 Å². The number of nitrogens with one attached hydrogen (secondary N) is 3. The molecule has 0 aliphatic heterocycles. The molecular weight excluding hydrogens is 390 g/mol. The summed E-state index contributed by atoms with van der Waals surface area (Å²) in [5.74, 6) is 1.64. The Morgan fingerprint density at radius 3 is 2.48 bits per heavy atom. The number of anilines is 1. The molecule has 0 aliphatic carbocycles. The number of sulfonamides is 1. The molecule has 2 aromatic carbocycles. The molecule has 0 saturated carbocycles. The molecule has 0 radical (unpaired) electrons. The third kappa shape index (κ3) is 6.17. The summed E-state index contributed by atoms with van der Waals surface area (Å²) < 4.78 is 26.6. The maximum absolute atomic E-state index is 12.7. The average molecular weight is 413 g/mol. The molecule has 0 aromatic heterocycles. The molecule has 0 heterocycles. The van der Waals surface area contributed by atoms with Crippen LogP contribution < -0.4 is 15.4 Å². The highest BCUT2D eigenvalue weighted by Gasteiger charge is 2.17. The van der Waals surface area contributed by atoms with Crippen molar-refractivity contribution in [2.45, 2.75) is 18.7 Å². The minimum Gasteiger partial charge on any atom is -0.352 e. The highest BCUT2D eigenvalue weighted by atomic mass is 32.2. The summed E-state index contributed by atoms with van der Waals surface area (Å²) in [5.41, 5.74) is 0.782. The van der Waals surface area contributed by atoms with Crippen LogP contribution in [0.4, 0.5) is 5.69 Å². The fourth-order valence-electron chi connectivity index (χ4n) is 2.40. The predicted molar refractivity (Wildman–Crippen MR) is 112 cm³/mol. The lowest BCUT2D eigenvalue weighted by molar-refractivity contribution is 0.0950. The first-order valence-corrected chi connectivity index (χ1v) is 10.4. The Morgan fingerprint density at radius 2 is 1.79 bits per heavy atom. The summed E-state index contributed by atoms with van der Waals surface area (Å²) in [4.78, 5) is 25.0. The van der Waals surface area contributed by atoms with Gasteiger partial charge in [0.05, 0.1) is 22.7 Å². The van der Waals surface area contributed by atoms with E-state index in [1.807, 2.05) is 13.8 Å². The van der Waals surface area contributed by atoms with E-state index in [4.69, 9.17) is 6.42 Å². The summed E-state index contributed by atoms with van der Waals surface area (Å²) in [6, 6.07) is 12.2. The Hall–Kier alpha value is -3.15. The topological polar surface area (TPSA) is 104 Å². The van der Waals surface area contributed by atoms with Crippen molar-refractivity contribution in [1.82, 2.24) is 10.0 Å². The number of rotatable bonds is 8. The van der Waals surface area contributed by atoms with Crippen molar-refractivity contribution in [1.29, 1.82) is 0 Å². The first kappa shape index (κ1) is 22.1. The van der Waals surface area contributed by atoms with Crippen molar-refractivity contribution in [3.63, 3.8) is 0 Å².